The van der Waals surface area contributed by atoms with Crippen molar-refractivity contribution in [3.8, 4) is 11.5 Å². The molecule has 1 heterocycles. The fourth-order valence-electron chi connectivity index (χ4n) is 3.92. The van der Waals surface area contributed by atoms with E-state index in [9.17, 15) is 9.18 Å². The lowest BCUT2D eigenvalue weighted by molar-refractivity contribution is 0.218. The van der Waals surface area contributed by atoms with Gasteiger partial charge in [0.1, 0.15) is 5.75 Å². The lowest BCUT2D eigenvalue weighted by atomic mass is 9.91. The number of urea groups is 1. The summed E-state index contributed by atoms with van der Waals surface area (Å²) in [5.41, 5.74) is 3.19. The van der Waals surface area contributed by atoms with Crippen molar-refractivity contribution in [2.45, 2.75) is 5.92 Å². The van der Waals surface area contributed by atoms with Crippen molar-refractivity contribution in [1.82, 2.24) is 5.01 Å². The van der Waals surface area contributed by atoms with Crippen LogP contribution in [0.2, 0.25) is 10.0 Å². The summed E-state index contributed by atoms with van der Waals surface area (Å²) in [5, 5.41) is 10.2. The van der Waals surface area contributed by atoms with Crippen LogP contribution in [-0.2, 0) is 0 Å². The fraction of sp³-hybridized carbons (Fsp3) is 0.0714. The number of benzene rings is 4. The Kier molecular flexibility index (Phi) is 6.89. The maximum atomic E-state index is 13.8. The summed E-state index contributed by atoms with van der Waals surface area (Å²) in [6.45, 7) is 0.361. The molecule has 180 valence electrons. The van der Waals surface area contributed by atoms with E-state index in [1.807, 2.05) is 36.4 Å². The van der Waals surface area contributed by atoms with Crippen LogP contribution in [-0.4, -0.2) is 23.3 Å². The van der Waals surface area contributed by atoms with Gasteiger partial charge in [-0.1, -0.05) is 59.6 Å². The molecule has 1 N–H and O–H groups in total. The molecule has 5 nitrogen and oxygen atoms in total. The van der Waals surface area contributed by atoms with E-state index in [4.69, 9.17) is 27.9 Å². The number of hydrazone groups is 1. The Morgan fingerprint density at radius 1 is 0.889 bits per heavy atom. The molecular formula is C28H20Cl2FN3O2. The highest BCUT2D eigenvalue weighted by atomic mass is 35.5. The minimum atomic E-state index is -0.450. The molecule has 0 aromatic heterocycles. The minimum absolute atomic E-state index is 0.128. The van der Waals surface area contributed by atoms with Crippen molar-refractivity contribution in [2.24, 2.45) is 5.10 Å². The number of nitrogens with zero attached hydrogens (tertiary/aromatic N) is 2. The van der Waals surface area contributed by atoms with Crippen LogP contribution >= 0.6 is 23.2 Å². The van der Waals surface area contributed by atoms with Gasteiger partial charge in [-0.25, -0.2) is 14.2 Å². The number of carbonyl (C=O) groups is 1. The van der Waals surface area contributed by atoms with Crippen molar-refractivity contribution < 1.29 is 13.9 Å². The molecule has 0 saturated carbocycles. The Hall–Kier alpha value is -3.87. The highest BCUT2D eigenvalue weighted by Gasteiger charge is 2.32. The van der Waals surface area contributed by atoms with Gasteiger partial charge >= 0.3 is 6.03 Å². The van der Waals surface area contributed by atoms with Crippen LogP contribution in [0.25, 0.3) is 0 Å². The van der Waals surface area contributed by atoms with E-state index >= 15 is 0 Å². The zero-order chi connectivity index (χ0) is 25.1. The Labute approximate surface area is 217 Å². The van der Waals surface area contributed by atoms with Crippen LogP contribution in [0.15, 0.2) is 102 Å². The van der Waals surface area contributed by atoms with Crippen LogP contribution < -0.4 is 10.1 Å². The molecule has 1 unspecified atom stereocenters. The number of hydrogen-bond donors (Lipinski definition) is 1. The van der Waals surface area contributed by atoms with Gasteiger partial charge in [0.25, 0.3) is 0 Å². The van der Waals surface area contributed by atoms with Crippen LogP contribution in [0.5, 0.6) is 11.5 Å². The number of rotatable bonds is 5. The molecule has 1 aliphatic rings. The summed E-state index contributed by atoms with van der Waals surface area (Å²) in [4.78, 5) is 13.1. The maximum absolute atomic E-state index is 13.8. The quantitative estimate of drug-likeness (QED) is 0.290. The number of carbonyl (C=O) groups excluding carboxylic acids is 1. The van der Waals surface area contributed by atoms with Gasteiger partial charge in [0.15, 0.2) is 11.6 Å². The van der Waals surface area contributed by atoms with Crippen LogP contribution in [0.1, 0.15) is 17.0 Å². The minimum Gasteiger partial charge on any atom is -0.454 e. The second kappa shape index (κ2) is 10.4. The summed E-state index contributed by atoms with van der Waals surface area (Å²) in [6, 6.07) is 27.4. The van der Waals surface area contributed by atoms with Crippen molar-refractivity contribution >= 4 is 40.6 Å². The van der Waals surface area contributed by atoms with E-state index in [1.54, 1.807) is 54.6 Å². The molecule has 36 heavy (non-hydrogen) atoms. The average molecular weight is 520 g/mol. The summed E-state index contributed by atoms with van der Waals surface area (Å²) in [5.74, 6) is -0.00646. The third-order valence-corrected chi connectivity index (χ3v) is 6.23. The zero-order valence-electron chi connectivity index (χ0n) is 18.9. The van der Waals surface area contributed by atoms with E-state index in [0.29, 0.717) is 28.0 Å². The molecule has 0 bridgehead atoms. The Balaban J connectivity index is 1.33. The molecule has 0 aliphatic carbocycles. The van der Waals surface area contributed by atoms with Crippen molar-refractivity contribution in [3.05, 3.63) is 124 Å². The summed E-state index contributed by atoms with van der Waals surface area (Å²) in [7, 11) is 0. The van der Waals surface area contributed by atoms with Crippen LogP contribution in [0.3, 0.4) is 0 Å². The number of hydrogen-bond acceptors (Lipinski definition) is 3. The first-order valence-corrected chi connectivity index (χ1v) is 11.9. The summed E-state index contributed by atoms with van der Waals surface area (Å²) in [6.07, 6.45) is 0. The SMILES string of the molecule is O=C(Nc1ccc(Oc2ccccc2F)cc1)N1CC(c2ccc(Cl)cc2)C(c2ccc(Cl)cc2)=N1. The Bertz CT molecular complexity index is 1410. The second-order valence-electron chi connectivity index (χ2n) is 8.17. The van der Waals surface area contributed by atoms with Gasteiger partial charge in [0.05, 0.1) is 12.3 Å². The zero-order valence-corrected chi connectivity index (χ0v) is 20.4. The molecule has 4 aromatic carbocycles. The van der Waals surface area contributed by atoms with E-state index < -0.39 is 5.82 Å². The molecule has 1 aliphatic heterocycles. The average Bonchev–Trinajstić information content (AvgIpc) is 3.33. The molecule has 0 fully saturated rings. The number of halogens is 3. The third kappa shape index (κ3) is 5.35. The normalized spacial score (nSPS) is 14.9. The number of amides is 2. The van der Waals surface area contributed by atoms with Crippen LogP contribution in [0, 0.1) is 5.82 Å². The van der Waals surface area contributed by atoms with Crippen molar-refractivity contribution in [2.75, 3.05) is 11.9 Å². The molecule has 1 atom stereocenters. The highest BCUT2D eigenvalue weighted by molar-refractivity contribution is 6.31. The number of nitrogens with one attached hydrogen (secondary N) is 1. The summed E-state index contributed by atoms with van der Waals surface area (Å²) >= 11 is 12.1. The summed E-state index contributed by atoms with van der Waals surface area (Å²) < 4.78 is 19.4. The molecule has 2 amide bonds. The van der Waals surface area contributed by atoms with Gasteiger partial charge in [0.2, 0.25) is 0 Å². The lowest BCUT2D eigenvalue weighted by Crippen LogP contribution is -2.30. The predicted octanol–water partition coefficient (Wildman–Crippen LogP) is 7.96. The molecular weight excluding hydrogens is 500 g/mol. The van der Waals surface area contributed by atoms with Crippen molar-refractivity contribution in [3.63, 3.8) is 0 Å². The second-order valence-corrected chi connectivity index (χ2v) is 9.04. The topological polar surface area (TPSA) is 53.9 Å². The fourth-order valence-corrected chi connectivity index (χ4v) is 4.17. The predicted molar refractivity (Wildman–Crippen MR) is 141 cm³/mol. The number of ether oxygens (including phenoxy) is 1. The van der Waals surface area contributed by atoms with Gasteiger partial charge in [-0.15, -0.1) is 0 Å². The number of anilines is 1. The molecule has 0 radical (unpaired) electrons. The largest absolute Gasteiger partial charge is 0.454 e. The molecule has 8 heteroatoms. The molecule has 0 saturated heterocycles. The number of para-hydroxylation sites is 1. The third-order valence-electron chi connectivity index (χ3n) is 5.73. The van der Waals surface area contributed by atoms with E-state index in [0.717, 1.165) is 16.8 Å². The van der Waals surface area contributed by atoms with Crippen molar-refractivity contribution in [1.29, 1.82) is 0 Å². The van der Waals surface area contributed by atoms with Crippen LogP contribution in [0.4, 0.5) is 14.9 Å². The first-order chi connectivity index (χ1) is 17.5. The van der Waals surface area contributed by atoms with E-state index in [2.05, 4.69) is 10.4 Å². The van der Waals surface area contributed by atoms with Gasteiger partial charge < -0.3 is 10.1 Å². The molecule has 5 rings (SSSR count). The van der Waals surface area contributed by atoms with Gasteiger partial charge in [0, 0.05) is 21.7 Å². The standard InChI is InChI=1S/C28H20Cl2FN3O2/c29-20-9-5-18(6-10-20)24-17-34(33-27(24)19-7-11-21(30)12-8-19)28(35)32-22-13-15-23(16-14-22)36-26-4-2-1-3-25(26)31/h1-16,24H,17H2,(H,32,35). The lowest BCUT2D eigenvalue weighted by Gasteiger charge is -2.16. The monoisotopic (exact) mass is 519 g/mol. The maximum Gasteiger partial charge on any atom is 0.342 e. The first kappa shape index (κ1) is 23.9. The highest BCUT2D eigenvalue weighted by Crippen LogP contribution is 2.31. The van der Waals surface area contributed by atoms with E-state index in [-0.39, 0.29) is 17.7 Å². The van der Waals surface area contributed by atoms with Gasteiger partial charge in [-0.2, -0.15) is 5.10 Å². The molecule has 0 spiro atoms. The first-order valence-electron chi connectivity index (χ1n) is 11.2. The Morgan fingerprint density at radius 3 is 2.19 bits per heavy atom. The Morgan fingerprint density at radius 2 is 1.53 bits per heavy atom. The van der Waals surface area contributed by atoms with E-state index in [1.165, 1.54) is 11.1 Å². The van der Waals surface area contributed by atoms with Gasteiger partial charge in [-0.05, 0) is 71.8 Å². The van der Waals surface area contributed by atoms with Gasteiger partial charge in [-0.3, -0.25) is 0 Å². The smallest absolute Gasteiger partial charge is 0.342 e. The molecule has 4 aromatic rings.